The van der Waals surface area contributed by atoms with Crippen molar-refractivity contribution in [3.05, 3.63) is 30.0 Å². The van der Waals surface area contributed by atoms with Gasteiger partial charge in [0.25, 0.3) is 0 Å². The Kier molecular flexibility index (Phi) is 3.41. The third-order valence-corrected chi connectivity index (χ3v) is 3.19. The lowest BCUT2D eigenvalue weighted by atomic mass is 10.1. The van der Waals surface area contributed by atoms with E-state index in [2.05, 4.69) is 45.3 Å². The Hall–Kier alpha value is -0.830. The van der Waals surface area contributed by atoms with Crippen molar-refractivity contribution in [2.75, 3.05) is 5.33 Å². The van der Waals surface area contributed by atoms with Gasteiger partial charge in [0.1, 0.15) is 0 Å². The fourth-order valence-electron chi connectivity index (χ4n) is 1.86. The van der Waals surface area contributed by atoms with Gasteiger partial charge in [-0.15, -0.1) is 0 Å². The van der Waals surface area contributed by atoms with Crippen LogP contribution in [0.25, 0.3) is 10.9 Å². The molecule has 2 aromatic rings. The molecule has 0 bridgehead atoms. The third-order valence-electron chi connectivity index (χ3n) is 2.63. The summed E-state index contributed by atoms with van der Waals surface area (Å²) in [5.41, 5.74) is 2.46. The van der Waals surface area contributed by atoms with E-state index in [9.17, 15) is 0 Å². The number of hydrogen-bond donors (Lipinski definition) is 0. The van der Waals surface area contributed by atoms with E-state index in [1.165, 1.54) is 29.4 Å². The van der Waals surface area contributed by atoms with E-state index in [0.29, 0.717) is 0 Å². The van der Waals surface area contributed by atoms with Gasteiger partial charge in [0.05, 0.1) is 11.2 Å². The SMILES string of the molecule is Cn1nc(CCCCBr)c2ccccc21. The summed E-state index contributed by atoms with van der Waals surface area (Å²) in [5.74, 6) is 0. The number of halogens is 1. The monoisotopic (exact) mass is 266 g/mol. The van der Waals surface area contributed by atoms with Crippen LogP contribution in [0, 0.1) is 0 Å². The number of aryl methyl sites for hydroxylation is 2. The summed E-state index contributed by atoms with van der Waals surface area (Å²) in [5, 5.41) is 6.94. The van der Waals surface area contributed by atoms with Gasteiger partial charge >= 0.3 is 0 Å². The second kappa shape index (κ2) is 4.79. The molecule has 1 aromatic heterocycles. The summed E-state index contributed by atoms with van der Waals surface area (Å²) in [7, 11) is 2.01. The summed E-state index contributed by atoms with van der Waals surface area (Å²) in [6.45, 7) is 0. The number of aromatic nitrogens is 2. The first kappa shape index (κ1) is 10.7. The number of alkyl halides is 1. The Balaban J connectivity index is 2.27. The minimum atomic E-state index is 1.08. The van der Waals surface area contributed by atoms with Gasteiger partial charge in [-0.3, -0.25) is 4.68 Å². The first-order valence-corrected chi connectivity index (χ1v) is 6.41. The van der Waals surface area contributed by atoms with Crippen molar-refractivity contribution in [2.45, 2.75) is 19.3 Å². The van der Waals surface area contributed by atoms with E-state index in [-0.39, 0.29) is 0 Å². The molecule has 1 aromatic carbocycles. The zero-order chi connectivity index (χ0) is 10.7. The van der Waals surface area contributed by atoms with Crippen LogP contribution in [0.15, 0.2) is 24.3 Å². The zero-order valence-electron chi connectivity index (χ0n) is 8.91. The Morgan fingerprint density at radius 3 is 2.87 bits per heavy atom. The van der Waals surface area contributed by atoms with Gasteiger partial charge in [0.15, 0.2) is 0 Å². The lowest BCUT2D eigenvalue weighted by Crippen LogP contribution is -1.92. The van der Waals surface area contributed by atoms with Gasteiger partial charge in [0.2, 0.25) is 0 Å². The molecule has 0 aliphatic heterocycles. The first-order valence-electron chi connectivity index (χ1n) is 5.29. The largest absolute Gasteiger partial charge is 0.268 e. The van der Waals surface area contributed by atoms with Gasteiger partial charge < -0.3 is 0 Å². The number of nitrogens with zero attached hydrogens (tertiary/aromatic N) is 2. The molecule has 80 valence electrons. The van der Waals surface area contributed by atoms with E-state index in [1.54, 1.807) is 0 Å². The van der Waals surface area contributed by atoms with E-state index >= 15 is 0 Å². The maximum absolute atomic E-state index is 4.56. The summed E-state index contributed by atoms with van der Waals surface area (Å²) >= 11 is 3.45. The molecule has 0 aliphatic rings. The number of para-hydroxylation sites is 1. The molecule has 0 amide bonds. The molecule has 0 atom stereocenters. The van der Waals surface area contributed by atoms with E-state index < -0.39 is 0 Å². The van der Waals surface area contributed by atoms with Crippen LogP contribution in [0.4, 0.5) is 0 Å². The molecule has 0 unspecified atom stereocenters. The van der Waals surface area contributed by atoms with Crippen LogP contribution >= 0.6 is 15.9 Å². The Labute approximate surface area is 98.4 Å². The van der Waals surface area contributed by atoms with Crippen molar-refractivity contribution in [2.24, 2.45) is 7.05 Å². The third kappa shape index (κ3) is 2.23. The van der Waals surface area contributed by atoms with E-state index in [0.717, 1.165) is 11.8 Å². The molecule has 0 saturated heterocycles. The standard InChI is InChI=1S/C12H15BrN2/c1-15-12-8-3-2-6-10(12)11(14-15)7-4-5-9-13/h2-3,6,8H,4-5,7,9H2,1H3. The molecule has 0 radical (unpaired) electrons. The fraction of sp³-hybridized carbons (Fsp3) is 0.417. The average molecular weight is 267 g/mol. The highest BCUT2D eigenvalue weighted by Gasteiger charge is 2.06. The van der Waals surface area contributed by atoms with Gasteiger partial charge in [-0.05, 0) is 25.3 Å². The number of benzene rings is 1. The smallest absolute Gasteiger partial charge is 0.0703 e. The van der Waals surface area contributed by atoms with Crippen LogP contribution in [0.3, 0.4) is 0 Å². The van der Waals surface area contributed by atoms with Crippen LogP contribution in [-0.4, -0.2) is 15.1 Å². The zero-order valence-corrected chi connectivity index (χ0v) is 10.5. The molecule has 0 fully saturated rings. The average Bonchev–Trinajstić information content (AvgIpc) is 2.58. The number of fused-ring (bicyclic) bond motifs is 1. The Morgan fingerprint density at radius 2 is 2.07 bits per heavy atom. The number of hydrogen-bond acceptors (Lipinski definition) is 1. The van der Waals surface area contributed by atoms with Gasteiger partial charge in [0, 0.05) is 17.8 Å². The minimum absolute atomic E-state index is 1.08. The van der Waals surface area contributed by atoms with Gasteiger partial charge in [-0.25, -0.2) is 0 Å². The van der Waals surface area contributed by atoms with Crippen molar-refractivity contribution in [1.29, 1.82) is 0 Å². The Morgan fingerprint density at radius 1 is 1.27 bits per heavy atom. The first-order chi connectivity index (χ1) is 7.33. The van der Waals surface area contributed by atoms with Gasteiger partial charge in [-0.1, -0.05) is 34.1 Å². The lowest BCUT2D eigenvalue weighted by molar-refractivity contribution is 0.730. The van der Waals surface area contributed by atoms with Crippen molar-refractivity contribution < 1.29 is 0 Å². The minimum Gasteiger partial charge on any atom is -0.268 e. The van der Waals surface area contributed by atoms with E-state index in [4.69, 9.17) is 0 Å². The maximum Gasteiger partial charge on any atom is 0.0703 e. The van der Waals surface area contributed by atoms with Gasteiger partial charge in [-0.2, -0.15) is 5.10 Å². The maximum atomic E-state index is 4.56. The molecule has 3 heteroatoms. The van der Waals surface area contributed by atoms with Crippen molar-refractivity contribution in [1.82, 2.24) is 9.78 Å². The van der Waals surface area contributed by atoms with Crippen molar-refractivity contribution in [3.8, 4) is 0 Å². The second-order valence-corrected chi connectivity index (χ2v) is 4.53. The predicted molar refractivity (Wildman–Crippen MR) is 67.4 cm³/mol. The van der Waals surface area contributed by atoms with Crippen LogP contribution in [0.2, 0.25) is 0 Å². The summed E-state index contributed by atoms with van der Waals surface area (Å²) < 4.78 is 1.97. The molecular formula is C12H15BrN2. The van der Waals surface area contributed by atoms with E-state index in [1.807, 2.05) is 11.7 Å². The summed E-state index contributed by atoms with van der Waals surface area (Å²) in [6, 6.07) is 8.42. The molecular weight excluding hydrogens is 252 g/mol. The second-order valence-electron chi connectivity index (χ2n) is 3.73. The summed E-state index contributed by atoms with van der Waals surface area (Å²) in [4.78, 5) is 0. The van der Waals surface area contributed by atoms with Crippen LogP contribution in [-0.2, 0) is 13.5 Å². The molecule has 2 rings (SSSR count). The molecule has 0 N–H and O–H groups in total. The normalized spacial score (nSPS) is 11.1. The lowest BCUT2D eigenvalue weighted by Gasteiger charge is -1.95. The molecule has 15 heavy (non-hydrogen) atoms. The Bertz CT molecular complexity index is 448. The highest BCUT2D eigenvalue weighted by atomic mass is 79.9. The van der Waals surface area contributed by atoms with Crippen LogP contribution in [0.5, 0.6) is 0 Å². The predicted octanol–water partition coefficient (Wildman–Crippen LogP) is 3.29. The van der Waals surface area contributed by atoms with Crippen molar-refractivity contribution >= 4 is 26.8 Å². The van der Waals surface area contributed by atoms with Crippen LogP contribution in [0.1, 0.15) is 18.5 Å². The molecule has 0 saturated carbocycles. The fourth-order valence-corrected chi connectivity index (χ4v) is 2.26. The van der Waals surface area contributed by atoms with Crippen molar-refractivity contribution in [3.63, 3.8) is 0 Å². The summed E-state index contributed by atoms with van der Waals surface area (Å²) in [6.07, 6.45) is 3.49. The number of unbranched alkanes of at least 4 members (excludes halogenated alkanes) is 1. The number of rotatable bonds is 4. The molecule has 0 aliphatic carbocycles. The molecule has 1 heterocycles. The van der Waals surface area contributed by atoms with Crippen LogP contribution < -0.4 is 0 Å². The quantitative estimate of drug-likeness (QED) is 0.614. The highest BCUT2D eigenvalue weighted by Crippen LogP contribution is 2.19. The molecule has 2 nitrogen and oxygen atoms in total. The molecule has 0 spiro atoms. The topological polar surface area (TPSA) is 17.8 Å². The highest BCUT2D eigenvalue weighted by molar-refractivity contribution is 9.09.